The third-order valence-electron chi connectivity index (χ3n) is 2.98. The van der Waals surface area contributed by atoms with Gasteiger partial charge >= 0.3 is 0 Å². The summed E-state index contributed by atoms with van der Waals surface area (Å²) in [5, 5.41) is 4.05. The molecule has 0 spiro atoms. The molecule has 2 rings (SSSR count). The summed E-state index contributed by atoms with van der Waals surface area (Å²) in [6.07, 6.45) is 5.82. The van der Waals surface area contributed by atoms with Gasteiger partial charge in [-0.25, -0.2) is 5.84 Å². The van der Waals surface area contributed by atoms with Gasteiger partial charge < -0.3 is 16.5 Å². The average molecular weight is 254 g/mol. The molecule has 1 aromatic rings. The molecular weight excluding hydrogens is 236 g/mol. The van der Waals surface area contributed by atoms with Gasteiger partial charge in [0.1, 0.15) is 11.6 Å². The fourth-order valence-electron chi connectivity index (χ4n) is 2.18. The van der Waals surface area contributed by atoms with Gasteiger partial charge in [-0.15, -0.1) is 0 Å². The number of nitrogens with one attached hydrogen (secondary N) is 2. The summed E-state index contributed by atoms with van der Waals surface area (Å²) >= 11 is 1.90. The summed E-state index contributed by atoms with van der Waals surface area (Å²) in [4.78, 5) is 8.12. The van der Waals surface area contributed by atoms with Crippen LogP contribution in [0.15, 0.2) is 6.07 Å². The second kappa shape index (κ2) is 5.42. The predicted molar refractivity (Wildman–Crippen MR) is 72.8 cm³/mol. The Hall–Kier alpha value is -1.21. The number of aromatic nitrogens is 2. The summed E-state index contributed by atoms with van der Waals surface area (Å²) in [5.41, 5.74) is 8.10. The van der Waals surface area contributed by atoms with Gasteiger partial charge in [0.2, 0.25) is 5.95 Å². The van der Waals surface area contributed by atoms with Crippen LogP contribution in [-0.4, -0.2) is 27.5 Å². The molecule has 1 aromatic heterocycles. The molecular formula is C10H18N6S. The highest BCUT2D eigenvalue weighted by molar-refractivity contribution is 7.99. The summed E-state index contributed by atoms with van der Waals surface area (Å²) in [6.45, 7) is 0. The van der Waals surface area contributed by atoms with Gasteiger partial charge in [0.15, 0.2) is 0 Å². The number of rotatable bonds is 4. The molecule has 0 amide bonds. The molecule has 6 nitrogen and oxygen atoms in total. The van der Waals surface area contributed by atoms with Crippen LogP contribution in [0.4, 0.5) is 17.6 Å². The van der Waals surface area contributed by atoms with Crippen molar-refractivity contribution in [1.29, 1.82) is 0 Å². The molecule has 6 N–H and O–H groups in total. The number of hydrogen-bond acceptors (Lipinski definition) is 7. The van der Waals surface area contributed by atoms with E-state index in [1.165, 1.54) is 19.3 Å². The van der Waals surface area contributed by atoms with Crippen LogP contribution in [0.3, 0.4) is 0 Å². The lowest BCUT2D eigenvalue weighted by Crippen LogP contribution is -2.26. The zero-order valence-electron chi connectivity index (χ0n) is 9.81. The van der Waals surface area contributed by atoms with E-state index in [2.05, 4.69) is 27.0 Å². The van der Waals surface area contributed by atoms with Crippen molar-refractivity contribution in [3.05, 3.63) is 6.07 Å². The fourth-order valence-corrected chi connectivity index (χ4v) is 3.11. The summed E-state index contributed by atoms with van der Waals surface area (Å²) in [7, 11) is 0. The van der Waals surface area contributed by atoms with Crippen LogP contribution in [0.2, 0.25) is 0 Å². The molecule has 0 aliphatic heterocycles. The van der Waals surface area contributed by atoms with E-state index >= 15 is 0 Å². The molecule has 1 aliphatic carbocycles. The maximum absolute atomic E-state index is 5.61. The van der Waals surface area contributed by atoms with Crippen molar-refractivity contribution in [3.8, 4) is 0 Å². The van der Waals surface area contributed by atoms with Crippen molar-refractivity contribution >= 4 is 29.3 Å². The number of anilines is 3. The first kappa shape index (κ1) is 12.3. The minimum absolute atomic E-state index is 0.224. The minimum atomic E-state index is 0.224. The Labute approximate surface area is 105 Å². The predicted octanol–water partition coefficient (Wildman–Crippen LogP) is 1.04. The van der Waals surface area contributed by atoms with E-state index in [1.54, 1.807) is 6.07 Å². The van der Waals surface area contributed by atoms with Gasteiger partial charge in [0, 0.05) is 17.4 Å². The van der Waals surface area contributed by atoms with E-state index in [0.29, 0.717) is 17.1 Å². The topological polar surface area (TPSA) is 102 Å². The molecule has 17 heavy (non-hydrogen) atoms. The Morgan fingerprint density at radius 2 is 2.12 bits per heavy atom. The van der Waals surface area contributed by atoms with Crippen molar-refractivity contribution in [1.82, 2.24) is 9.97 Å². The Bertz CT molecular complexity index is 385. The first-order chi connectivity index (χ1) is 8.22. The zero-order valence-corrected chi connectivity index (χ0v) is 10.6. The van der Waals surface area contributed by atoms with E-state index < -0.39 is 0 Å². The SMILES string of the molecule is CSC1CCCC1Nc1cc(NN)nc(N)n1. The van der Waals surface area contributed by atoms with Gasteiger partial charge in [0.25, 0.3) is 0 Å². The molecule has 1 aliphatic rings. The van der Waals surface area contributed by atoms with Crippen LogP contribution in [0.5, 0.6) is 0 Å². The molecule has 2 atom stereocenters. The standard InChI is InChI=1S/C10H18N6S/c1-17-7-4-2-3-6(7)13-8-5-9(16-12)15-10(11)14-8/h5-7H,2-4,12H2,1H3,(H4,11,13,14,15,16). The number of hydrogen-bond donors (Lipinski definition) is 4. The quantitative estimate of drug-likeness (QED) is 0.470. The monoisotopic (exact) mass is 254 g/mol. The molecule has 0 saturated heterocycles. The first-order valence-corrected chi connectivity index (χ1v) is 6.92. The lowest BCUT2D eigenvalue weighted by molar-refractivity contribution is 0.763. The number of thioether (sulfide) groups is 1. The Morgan fingerprint density at radius 3 is 2.82 bits per heavy atom. The molecule has 1 saturated carbocycles. The lowest BCUT2D eigenvalue weighted by Gasteiger charge is -2.20. The van der Waals surface area contributed by atoms with Gasteiger partial charge in [-0.3, -0.25) is 0 Å². The summed E-state index contributed by atoms with van der Waals surface area (Å²) < 4.78 is 0. The highest BCUT2D eigenvalue weighted by atomic mass is 32.2. The highest BCUT2D eigenvalue weighted by Gasteiger charge is 2.26. The van der Waals surface area contributed by atoms with Crippen LogP contribution in [-0.2, 0) is 0 Å². The normalized spacial score (nSPS) is 23.6. The Kier molecular flexibility index (Phi) is 3.90. The van der Waals surface area contributed by atoms with E-state index in [9.17, 15) is 0 Å². The van der Waals surface area contributed by atoms with E-state index in [1.807, 2.05) is 11.8 Å². The molecule has 94 valence electrons. The first-order valence-electron chi connectivity index (χ1n) is 5.63. The average Bonchev–Trinajstić information content (AvgIpc) is 2.75. The second-order valence-corrected chi connectivity index (χ2v) is 5.17. The van der Waals surface area contributed by atoms with Crippen LogP contribution < -0.4 is 22.3 Å². The van der Waals surface area contributed by atoms with Gasteiger partial charge in [-0.2, -0.15) is 21.7 Å². The molecule has 1 fully saturated rings. The van der Waals surface area contributed by atoms with Gasteiger partial charge in [0.05, 0.1) is 0 Å². The third-order valence-corrected chi connectivity index (χ3v) is 4.15. The van der Waals surface area contributed by atoms with E-state index in [0.717, 1.165) is 5.82 Å². The second-order valence-electron chi connectivity index (χ2n) is 4.10. The Balaban J connectivity index is 2.09. The number of hydrazine groups is 1. The number of nitrogens with two attached hydrogens (primary N) is 2. The Morgan fingerprint density at radius 1 is 1.35 bits per heavy atom. The van der Waals surface area contributed by atoms with Crippen molar-refractivity contribution in [2.45, 2.75) is 30.6 Å². The molecule has 2 unspecified atom stereocenters. The minimum Gasteiger partial charge on any atom is -0.368 e. The lowest BCUT2D eigenvalue weighted by atomic mass is 10.2. The zero-order chi connectivity index (χ0) is 12.3. The van der Waals surface area contributed by atoms with Gasteiger partial charge in [-0.05, 0) is 19.1 Å². The number of nitrogens with zero attached hydrogens (tertiary/aromatic N) is 2. The number of nitrogen functional groups attached to an aromatic ring is 2. The molecule has 0 bridgehead atoms. The van der Waals surface area contributed by atoms with Gasteiger partial charge in [-0.1, -0.05) is 6.42 Å². The van der Waals surface area contributed by atoms with Crippen molar-refractivity contribution < 1.29 is 0 Å². The maximum atomic E-state index is 5.61. The summed E-state index contributed by atoms with van der Waals surface area (Å²) in [5.74, 6) is 6.80. The third kappa shape index (κ3) is 2.92. The van der Waals surface area contributed by atoms with Crippen LogP contribution in [0, 0.1) is 0 Å². The van der Waals surface area contributed by atoms with Crippen LogP contribution in [0.25, 0.3) is 0 Å². The largest absolute Gasteiger partial charge is 0.368 e. The summed E-state index contributed by atoms with van der Waals surface area (Å²) in [6, 6.07) is 2.22. The molecule has 1 heterocycles. The van der Waals surface area contributed by atoms with E-state index in [4.69, 9.17) is 11.6 Å². The van der Waals surface area contributed by atoms with Crippen molar-refractivity contribution in [2.24, 2.45) is 5.84 Å². The van der Waals surface area contributed by atoms with E-state index in [-0.39, 0.29) is 5.95 Å². The molecule has 0 radical (unpaired) electrons. The van der Waals surface area contributed by atoms with Crippen molar-refractivity contribution in [2.75, 3.05) is 22.7 Å². The van der Waals surface area contributed by atoms with Crippen LogP contribution >= 0.6 is 11.8 Å². The van der Waals surface area contributed by atoms with Crippen molar-refractivity contribution in [3.63, 3.8) is 0 Å². The highest BCUT2D eigenvalue weighted by Crippen LogP contribution is 2.30. The maximum Gasteiger partial charge on any atom is 0.223 e. The smallest absolute Gasteiger partial charge is 0.223 e. The van der Waals surface area contributed by atoms with Crippen LogP contribution in [0.1, 0.15) is 19.3 Å². The molecule has 7 heteroatoms. The fraction of sp³-hybridized carbons (Fsp3) is 0.600. The molecule has 0 aromatic carbocycles.